The van der Waals surface area contributed by atoms with Gasteiger partial charge in [-0.3, -0.25) is 4.79 Å². The number of benzene rings is 1. The number of carbonyl (C=O) groups is 1. The highest BCUT2D eigenvalue weighted by Gasteiger charge is 2.25. The van der Waals surface area contributed by atoms with Crippen LogP contribution in [0.1, 0.15) is 29.8 Å². The van der Waals surface area contributed by atoms with Crippen molar-refractivity contribution in [1.82, 2.24) is 5.32 Å². The maximum absolute atomic E-state index is 12.3. The minimum Gasteiger partial charge on any atom is -0.493 e. The van der Waals surface area contributed by atoms with E-state index in [0.29, 0.717) is 6.61 Å². The van der Waals surface area contributed by atoms with Crippen molar-refractivity contribution in [2.24, 2.45) is 10.9 Å². The van der Waals surface area contributed by atoms with Gasteiger partial charge in [-0.2, -0.15) is 0 Å². The molecule has 0 saturated carbocycles. The zero-order chi connectivity index (χ0) is 16.9. The van der Waals surface area contributed by atoms with Crippen molar-refractivity contribution >= 4 is 23.1 Å². The number of nitrogens with two attached hydrogens (primary N) is 1. The quantitative estimate of drug-likeness (QED) is 0.495. The van der Waals surface area contributed by atoms with Gasteiger partial charge in [0, 0.05) is 12.0 Å². The highest BCUT2D eigenvalue weighted by molar-refractivity contribution is 7.12. The third kappa shape index (κ3) is 3.68. The second-order valence-electron chi connectivity index (χ2n) is 5.44. The lowest BCUT2D eigenvalue weighted by atomic mass is 10.0. The Bertz CT molecular complexity index is 730. The number of oxime groups is 1. The lowest BCUT2D eigenvalue weighted by molar-refractivity contribution is -0.132. The summed E-state index contributed by atoms with van der Waals surface area (Å²) in [5.74, 6) is 0.836. The minimum absolute atomic E-state index is 0.0906. The predicted octanol–water partition coefficient (Wildman–Crippen LogP) is 2.41. The summed E-state index contributed by atoms with van der Waals surface area (Å²) in [6.07, 6.45) is -0.0192. The van der Waals surface area contributed by atoms with Crippen molar-refractivity contribution in [3.05, 3.63) is 52.2 Å². The van der Waals surface area contributed by atoms with Crippen LogP contribution in [0, 0.1) is 0 Å². The summed E-state index contributed by atoms with van der Waals surface area (Å²) in [5.41, 5.74) is 6.80. The third-order valence-electron chi connectivity index (χ3n) is 3.73. The molecule has 1 aliphatic heterocycles. The summed E-state index contributed by atoms with van der Waals surface area (Å²) in [5, 5.41) is 8.73. The zero-order valence-electron chi connectivity index (χ0n) is 13.3. The van der Waals surface area contributed by atoms with Gasteiger partial charge in [-0.15, -0.1) is 11.3 Å². The fraction of sp³-hybridized carbons (Fsp3) is 0.294. The topological polar surface area (TPSA) is 85.9 Å². The lowest BCUT2D eigenvalue weighted by Gasteiger charge is -2.27. The van der Waals surface area contributed by atoms with Crippen LogP contribution in [0.3, 0.4) is 0 Å². The average Bonchev–Trinajstić information content (AvgIpc) is 3.14. The first-order valence-electron chi connectivity index (χ1n) is 7.70. The molecule has 0 saturated heterocycles. The molecule has 2 heterocycles. The van der Waals surface area contributed by atoms with Crippen LogP contribution in [0.4, 0.5) is 0 Å². The van der Waals surface area contributed by atoms with Crippen LogP contribution >= 0.6 is 11.3 Å². The largest absolute Gasteiger partial charge is 0.493 e. The number of amidine groups is 1. The molecule has 6 nitrogen and oxygen atoms in total. The maximum atomic E-state index is 12.3. The predicted molar refractivity (Wildman–Crippen MR) is 93.0 cm³/mol. The van der Waals surface area contributed by atoms with Crippen LogP contribution in [0.2, 0.25) is 0 Å². The molecular formula is C17H19N3O3S. The second kappa shape index (κ2) is 7.35. The van der Waals surface area contributed by atoms with Gasteiger partial charge in [0.15, 0.2) is 5.84 Å². The number of thiophene rings is 1. The Morgan fingerprint density at radius 2 is 2.25 bits per heavy atom. The molecule has 7 heteroatoms. The van der Waals surface area contributed by atoms with E-state index < -0.39 is 6.10 Å². The number of hydrogen-bond donors (Lipinski definition) is 2. The molecule has 2 unspecified atom stereocenters. The molecule has 0 spiro atoms. The molecule has 0 aliphatic carbocycles. The summed E-state index contributed by atoms with van der Waals surface area (Å²) in [4.78, 5) is 18.4. The van der Waals surface area contributed by atoms with Gasteiger partial charge < -0.3 is 20.6 Å². The first kappa shape index (κ1) is 16.3. The summed E-state index contributed by atoms with van der Waals surface area (Å²) in [6.45, 7) is 2.21. The Kier molecular flexibility index (Phi) is 5.00. The van der Waals surface area contributed by atoms with Crippen LogP contribution in [-0.4, -0.2) is 24.5 Å². The first-order valence-corrected chi connectivity index (χ1v) is 8.58. The van der Waals surface area contributed by atoms with Gasteiger partial charge in [-0.05, 0) is 24.4 Å². The molecule has 1 aromatic heterocycles. The van der Waals surface area contributed by atoms with Crippen LogP contribution in [0.25, 0.3) is 0 Å². The van der Waals surface area contributed by atoms with Crippen molar-refractivity contribution in [2.45, 2.75) is 25.5 Å². The summed E-state index contributed by atoms with van der Waals surface area (Å²) in [6, 6.07) is 11.3. The Labute approximate surface area is 144 Å². The van der Waals surface area contributed by atoms with Gasteiger partial charge in [0.25, 0.3) is 5.91 Å². The van der Waals surface area contributed by atoms with Crippen molar-refractivity contribution in [3.8, 4) is 5.75 Å². The number of hydrogen-bond acceptors (Lipinski definition) is 5. The fourth-order valence-electron chi connectivity index (χ4n) is 2.43. The van der Waals surface area contributed by atoms with E-state index in [1.807, 2.05) is 41.8 Å². The van der Waals surface area contributed by atoms with Crippen LogP contribution in [0.5, 0.6) is 5.75 Å². The molecule has 1 aliphatic rings. The molecule has 2 atom stereocenters. The Hall–Kier alpha value is -2.54. The first-order chi connectivity index (χ1) is 11.6. The van der Waals surface area contributed by atoms with Crippen molar-refractivity contribution < 1.29 is 14.4 Å². The van der Waals surface area contributed by atoms with Crippen molar-refractivity contribution in [2.75, 3.05) is 6.61 Å². The highest BCUT2D eigenvalue weighted by atomic mass is 32.1. The van der Waals surface area contributed by atoms with Crippen LogP contribution in [0.15, 0.2) is 46.9 Å². The molecular weight excluding hydrogens is 326 g/mol. The van der Waals surface area contributed by atoms with Gasteiger partial charge in [-0.1, -0.05) is 29.4 Å². The SMILES string of the molecule is CC(O/N=C(/N)c1cccs1)C(=O)NC1CCOc2ccccc21. The van der Waals surface area contributed by atoms with E-state index in [0.717, 1.165) is 22.6 Å². The van der Waals surface area contributed by atoms with Gasteiger partial charge >= 0.3 is 0 Å². The standard InChI is InChI=1S/C17H19N3O3S/c1-11(23-20-16(18)15-7-4-10-24-15)17(21)19-13-8-9-22-14-6-3-2-5-12(13)14/h2-7,10-11,13H,8-9H2,1H3,(H2,18,20)(H,19,21). The van der Waals surface area contributed by atoms with Crippen molar-refractivity contribution in [3.63, 3.8) is 0 Å². The molecule has 3 N–H and O–H groups in total. The number of para-hydroxylation sites is 1. The van der Waals surface area contributed by atoms with Gasteiger partial charge in [0.05, 0.1) is 17.5 Å². The van der Waals surface area contributed by atoms with E-state index in [2.05, 4.69) is 10.5 Å². The Morgan fingerprint density at radius 3 is 3.04 bits per heavy atom. The molecule has 1 amide bonds. The third-order valence-corrected chi connectivity index (χ3v) is 4.62. The number of ether oxygens (including phenoxy) is 1. The molecule has 0 fully saturated rings. The Balaban J connectivity index is 1.60. The van der Waals surface area contributed by atoms with E-state index in [-0.39, 0.29) is 17.8 Å². The van der Waals surface area contributed by atoms with E-state index in [4.69, 9.17) is 15.3 Å². The van der Waals surface area contributed by atoms with E-state index in [9.17, 15) is 4.79 Å². The Morgan fingerprint density at radius 1 is 1.42 bits per heavy atom. The molecule has 0 radical (unpaired) electrons. The van der Waals surface area contributed by atoms with E-state index in [1.54, 1.807) is 6.92 Å². The number of nitrogens with one attached hydrogen (secondary N) is 1. The van der Waals surface area contributed by atoms with Gasteiger partial charge in [0.1, 0.15) is 5.75 Å². The average molecular weight is 345 g/mol. The van der Waals surface area contributed by atoms with Gasteiger partial charge in [0.2, 0.25) is 6.10 Å². The smallest absolute Gasteiger partial charge is 0.264 e. The summed E-state index contributed by atoms with van der Waals surface area (Å²) < 4.78 is 5.60. The summed E-state index contributed by atoms with van der Waals surface area (Å²) >= 11 is 1.46. The fourth-order valence-corrected chi connectivity index (χ4v) is 3.05. The second-order valence-corrected chi connectivity index (χ2v) is 6.39. The number of fused-ring (bicyclic) bond motifs is 1. The molecule has 126 valence electrons. The van der Waals surface area contributed by atoms with Crippen LogP contribution < -0.4 is 15.8 Å². The number of nitrogens with zero attached hydrogens (tertiary/aromatic N) is 1. The number of carbonyl (C=O) groups excluding carboxylic acids is 1. The van der Waals surface area contributed by atoms with E-state index in [1.165, 1.54) is 11.3 Å². The molecule has 3 rings (SSSR count). The normalized spacial score (nSPS) is 18.2. The molecule has 1 aromatic carbocycles. The highest BCUT2D eigenvalue weighted by Crippen LogP contribution is 2.31. The van der Waals surface area contributed by atoms with Gasteiger partial charge in [-0.25, -0.2) is 0 Å². The molecule has 24 heavy (non-hydrogen) atoms. The maximum Gasteiger partial charge on any atom is 0.264 e. The monoisotopic (exact) mass is 345 g/mol. The van der Waals surface area contributed by atoms with Crippen molar-refractivity contribution in [1.29, 1.82) is 0 Å². The number of rotatable bonds is 5. The lowest BCUT2D eigenvalue weighted by Crippen LogP contribution is -2.38. The number of amides is 1. The summed E-state index contributed by atoms with van der Waals surface area (Å²) in [7, 11) is 0. The molecule has 0 bridgehead atoms. The minimum atomic E-state index is -0.737. The molecule has 2 aromatic rings. The zero-order valence-corrected chi connectivity index (χ0v) is 14.1. The van der Waals surface area contributed by atoms with E-state index >= 15 is 0 Å². The van der Waals surface area contributed by atoms with Crippen LogP contribution in [-0.2, 0) is 9.63 Å².